The summed E-state index contributed by atoms with van der Waals surface area (Å²) in [4.78, 5) is 15.3. The smallest absolute Gasteiger partial charge is 0.404 e. The van der Waals surface area contributed by atoms with E-state index in [-0.39, 0.29) is 6.54 Å². The second kappa shape index (κ2) is 9.57. The molecule has 1 aromatic heterocycles. The third-order valence-electron chi connectivity index (χ3n) is 4.01. The lowest BCUT2D eigenvalue weighted by Gasteiger charge is -2.13. The number of ether oxygens (including phenoxy) is 3. The summed E-state index contributed by atoms with van der Waals surface area (Å²) < 4.78 is 16.7. The van der Waals surface area contributed by atoms with Crippen molar-refractivity contribution in [3.8, 4) is 11.5 Å². The minimum absolute atomic E-state index is 0.0963. The number of hydrogen-bond donors (Lipinski definition) is 2. The zero-order chi connectivity index (χ0) is 19.8. The number of nitrogens with zero attached hydrogens (tertiary/aromatic N) is 1. The number of fused-ring (bicyclic) bond motifs is 1. The summed E-state index contributed by atoms with van der Waals surface area (Å²) in [7, 11) is 1.62. The average molecular weight is 382 g/mol. The molecular formula is C21H22N2O5. The van der Waals surface area contributed by atoms with Crippen LogP contribution in [-0.2, 0) is 17.9 Å². The number of amides is 1. The van der Waals surface area contributed by atoms with Gasteiger partial charge in [-0.1, -0.05) is 30.3 Å². The van der Waals surface area contributed by atoms with E-state index < -0.39 is 6.09 Å². The Morgan fingerprint density at radius 3 is 2.64 bits per heavy atom. The molecule has 3 aromatic rings. The van der Waals surface area contributed by atoms with Crippen molar-refractivity contribution in [3.05, 3.63) is 65.9 Å². The minimum atomic E-state index is -1.10. The van der Waals surface area contributed by atoms with Crippen LogP contribution in [0.15, 0.2) is 54.6 Å². The molecule has 1 heterocycles. The molecule has 0 aliphatic rings. The van der Waals surface area contributed by atoms with E-state index in [1.54, 1.807) is 13.2 Å². The second-order valence-electron chi connectivity index (χ2n) is 6.06. The van der Waals surface area contributed by atoms with E-state index in [2.05, 4.69) is 10.3 Å². The highest BCUT2D eigenvalue weighted by Gasteiger charge is 2.10. The Balaban J connectivity index is 1.89. The van der Waals surface area contributed by atoms with Gasteiger partial charge in [-0.3, -0.25) is 4.98 Å². The molecule has 0 unspecified atom stereocenters. The van der Waals surface area contributed by atoms with Crippen molar-refractivity contribution in [1.29, 1.82) is 0 Å². The van der Waals surface area contributed by atoms with Gasteiger partial charge in [-0.2, -0.15) is 0 Å². The zero-order valence-electron chi connectivity index (χ0n) is 15.6. The van der Waals surface area contributed by atoms with Gasteiger partial charge >= 0.3 is 6.09 Å². The van der Waals surface area contributed by atoms with Crippen LogP contribution in [0.2, 0.25) is 0 Å². The Morgan fingerprint density at radius 1 is 1.07 bits per heavy atom. The predicted octanol–water partition coefficient (Wildman–Crippen LogP) is 3.61. The maximum absolute atomic E-state index is 10.8. The maximum Gasteiger partial charge on any atom is 0.404 e. The summed E-state index contributed by atoms with van der Waals surface area (Å²) in [5, 5.41) is 12.0. The Hall–Kier alpha value is -3.32. The molecule has 0 bridgehead atoms. The first-order chi connectivity index (χ1) is 13.7. The fraction of sp³-hybridized carbons (Fsp3) is 0.238. The molecule has 2 N–H and O–H groups in total. The Labute approximate surface area is 162 Å². The molecule has 2 aromatic carbocycles. The third-order valence-corrected chi connectivity index (χ3v) is 4.01. The first-order valence-corrected chi connectivity index (χ1v) is 8.84. The molecule has 1 amide bonds. The van der Waals surface area contributed by atoms with Gasteiger partial charge in [0, 0.05) is 18.6 Å². The topological polar surface area (TPSA) is 89.9 Å². The van der Waals surface area contributed by atoms with E-state index in [1.807, 2.05) is 48.5 Å². The highest BCUT2D eigenvalue weighted by Crippen LogP contribution is 2.30. The lowest BCUT2D eigenvalue weighted by Crippen LogP contribution is -2.20. The molecule has 0 spiro atoms. The van der Waals surface area contributed by atoms with Crippen LogP contribution < -0.4 is 14.8 Å². The summed E-state index contributed by atoms with van der Waals surface area (Å²) in [5.74, 6) is 1.31. The van der Waals surface area contributed by atoms with Crippen molar-refractivity contribution in [2.45, 2.75) is 13.2 Å². The molecule has 0 fully saturated rings. The predicted molar refractivity (Wildman–Crippen MR) is 105 cm³/mol. The number of aromatic nitrogens is 1. The summed E-state index contributed by atoms with van der Waals surface area (Å²) in [6, 6.07) is 17.1. The second-order valence-corrected chi connectivity index (χ2v) is 6.06. The van der Waals surface area contributed by atoms with Gasteiger partial charge in [0.15, 0.2) is 0 Å². The van der Waals surface area contributed by atoms with Crippen LogP contribution in [0.3, 0.4) is 0 Å². The SMILES string of the molecule is COCCOc1ccc2nc(CNC(=O)O)cc(OCc3ccccc3)c2c1. The van der Waals surface area contributed by atoms with Crippen LogP contribution in [0, 0.1) is 0 Å². The Bertz CT molecular complexity index is 931. The monoisotopic (exact) mass is 382 g/mol. The quantitative estimate of drug-likeness (QED) is 0.550. The van der Waals surface area contributed by atoms with Gasteiger partial charge in [-0.05, 0) is 23.8 Å². The summed E-state index contributed by atoms with van der Waals surface area (Å²) in [5.41, 5.74) is 2.31. The van der Waals surface area contributed by atoms with Gasteiger partial charge in [-0.15, -0.1) is 0 Å². The number of rotatable bonds is 9. The van der Waals surface area contributed by atoms with Gasteiger partial charge in [0.05, 0.1) is 24.4 Å². The van der Waals surface area contributed by atoms with Gasteiger partial charge in [0.2, 0.25) is 0 Å². The van der Waals surface area contributed by atoms with Gasteiger partial charge in [0.25, 0.3) is 0 Å². The third kappa shape index (κ3) is 5.34. The molecule has 0 atom stereocenters. The van der Waals surface area contributed by atoms with Gasteiger partial charge < -0.3 is 24.6 Å². The van der Waals surface area contributed by atoms with E-state index >= 15 is 0 Å². The van der Waals surface area contributed by atoms with E-state index in [0.29, 0.717) is 42.5 Å². The van der Waals surface area contributed by atoms with Crippen LogP contribution in [0.5, 0.6) is 11.5 Å². The molecule has 28 heavy (non-hydrogen) atoms. The van der Waals surface area contributed by atoms with Crippen LogP contribution in [0.4, 0.5) is 4.79 Å². The van der Waals surface area contributed by atoms with Gasteiger partial charge in [-0.25, -0.2) is 4.79 Å². The largest absolute Gasteiger partial charge is 0.491 e. The van der Waals surface area contributed by atoms with E-state index in [9.17, 15) is 4.79 Å². The number of carboxylic acid groups (broad SMARTS) is 1. The van der Waals surface area contributed by atoms with Crippen LogP contribution >= 0.6 is 0 Å². The molecule has 0 aliphatic carbocycles. The van der Waals surface area contributed by atoms with E-state index in [1.165, 1.54) is 0 Å². The van der Waals surface area contributed by atoms with E-state index in [0.717, 1.165) is 10.9 Å². The average Bonchev–Trinajstić information content (AvgIpc) is 2.71. The highest BCUT2D eigenvalue weighted by molar-refractivity contribution is 5.86. The minimum Gasteiger partial charge on any atom is -0.491 e. The first kappa shape index (κ1) is 19.4. The van der Waals surface area contributed by atoms with Crippen LogP contribution in [0.1, 0.15) is 11.3 Å². The molecule has 7 nitrogen and oxygen atoms in total. The van der Waals surface area contributed by atoms with Crippen molar-refractivity contribution >= 4 is 17.0 Å². The number of nitrogens with one attached hydrogen (secondary N) is 1. The number of carbonyl (C=O) groups is 1. The Morgan fingerprint density at radius 2 is 1.89 bits per heavy atom. The maximum atomic E-state index is 10.8. The normalized spacial score (nSPS) is 10.6. The molecule has 3 rings (SSSR count). The zero-order valence-corrected chi connectivity index (χ0v) is 15.6. The number of hydrogen-bond acceptors (Lipinski definition) is 5. The fourth-order valence-corrected chi connectivity index (χ4v) is 2.67. The van der Waals surface area contributed by atoms with Crippen LogP contribution in [-0.4, -0.2) is 36.5 Å². The lowest BCUT2D eigenvalue weighted by atomic mass is 10.1. The Kier molecular flexibility index (Phi) is 6.64. The van der Waals surface area contributed by atoms with E-state index in [4.69, 9.17) is 19.3 Å². The van der Waals surface area contributed by atoms with Crippen molar-refractivity contribution in [1.82, 2.24) is 10.3 Å². The summed E-state index contributed by atoms with van der Waals surface area (Å²) >= 11 is 0. The standard InChI is InChI=1S/C21H22N2O5/c1-26-9-10-27-17-7-8-19-18(12-17)20(11-16(23-19)13-22-21(24)25)28-14-15-5-3-2-4-6-15/h2-8,11-12,22H,9-10,13-14H2,1H3,(H,24,25). The summed E-state index contributed by atoms with van der Waals surface area (Å²) in [6.07, 6.45) is -1.10. The van der Waals surface area contributed by atoms with Gasteiger partial charge in [0.1, 0.15) is 24.7 Å². The fourth-order valence-electron chi connectivity index (χ4n) is 2.67. The van der Waals surface area contributed by atoms with Crippen molar-refractivity contribution in [3.63, 3.8) is 0 Å². The molecule has 0 aliphatic heterocycles. The first-order valence-electron chi connectivity index (χ1n) is 8.84. The highest BCUT2D eigenvalue weighted by atomic mass is 16.5. The van der Waals surface area contributed by atoms with Crippen molar-refractivity contribution in [2.24, 2.45) is 0 Å². The molecule has 0 saturated heterocycles. The summed E-state index contributed by atoms with van der Waals surface area (Å²) in [6.45, 7) is 1.42. The number of pyridine rings is 1. The van der Waals surface area contributed by atoms with Crippen LogP contribution in [0.25, 0.3) is 10.9 Å². The molecular weight excluding hydrogens is 360 g/mol. The molecule has 0 saturated carbocycles. The lowest BCUT2D eigenvalue weighted by molar-refractivity contribution is 0.146. The number of methoxy groups -OCH3 is 1. The molecule has 7 heteroatoms. The molecule has 146 valence electrons. The number of benzene rings is 2. The molecule has 0 radical (unpaired) electrons. The van der Waals surface area contributed by atoms with Crippen molar-refractivity contribution in [2.75, 3.05) is 20.3 Å². The van der Waals surface area contributed by atoms with Crippen molar-refractivity contribution < 1.29 is 24.1 Å².